The first kappa shape index (κ1) is 19.5. The Morgan fingerprint density at radius 1 is 0.875 bits per heavy atom. The number of benzene rings is 3. The first-order valence-corrected chi connectivity index (χ1v) is 10.3. The molecule has 0 spiro atoms. The molecule has 3 aromatic carbocycles. The number of nitrogens with zero attached hydrogens (tertiary/aromatic N) is 3. The highest BCUT2D eigenvalue weighted by Gasteiger charge is 2.08. The summed E-state index contributed by atoms with van der Waals surface area (Å²) in [7, 11) is 0. The van der Waals surface area contributed by atoms with E-state index in [0.717, 1.165) is 49.9 Å². The summed E-state index contributed by atoms with van der Waals surface area (Å²) in [4.78, 5) is 26.2. The molecule has 32 heavy (non-hydrogen) atoms. The first-order chi connectivity index (χ1) is 15.6. The van der Waals surface area contributed by atoms with E-state index < -0.39 is 0 Å². The minimum Gasteiger partial charge on any atom is -0.349 e. The lowest BCUT2D eigenvalue weighted by atomic mass is 9.99. The van der Waals surface area contributed by atoms with Crippen LogP contribution in [0.4, 0.5) is 0 Å². The second kappa shape index (κ2) is 8.00. The van der Waals surface area contributed by atoms with Crippen LogP contribution in [0, 0.1) is 11.3 Å². The SMILES string of the molecule is CC(=O)NCc1ncc(-c2ccc3cc4cc(-c5cnc(CC#N)[nH]5)ccc4cc3c2)[nH]1. The third-order valence-electron chi connectivity index (χ3n) is 5.43. The molecule has 0 aliphatic carbocycles. The van der Waals surface area contributed by atoms with Gasteiger partial charge in [0.25, 0.3) is 0 Å². The van der Waals surface area contributed by atoms with E-state index >= 15 is 0 Å². The maximum atomic E-state index is 11.1. The standard InChI is InChI=1S/C25H20N6O/c1-15(32)27-14-25-29-13-23(31-25)19-5-3-17-8-20-10-18(4-2-16(20)9-21(17)11-19)22-12-28-24(30-22)6-7-26/h2-5,8-13H,6,14H2,1H3,(H,27,32)(H,28,30)(H,29,31). The number of fused-ring (bicyclic) bond motifs is 2. The number of amides is 1. The number of hydrogen-bond acceptors (Lipinski definition) is 4. The van der Waals surface area contributed by atoms with Gasteiger partial charge in [0, 0.05) is 18.1 Å². The Morgan fingerprint density at radius 2 is 1.44 bits per heavy atom. The number of hydrogen-bond donors (Lipinski definition) is 3. The lowest BCUT2D eigenvalue weighted by Crippen LogP contribution is -2.19. The van der Waals surface area contributed by atoms with Gasteiger partial charge in [0.15, 0.2) is 0 Å². The van der Waals surface area contributed by atoms with Crippen molar-refractivity contribution in [3.63, 3.8) is 0 Å². The van der Waals surface area contributed by atoms with Crippen LogP contribution in [0.25, 0.3) is 44.1 Å². The number of carbonyl (C=O) groups is 1. The van der Waals surface area contributed by atoms with Gasteiger partial charge in [0.1, 0.15) is 11.6 Å². The van der Waals surface area contributed by atoms with Crippen molar-refractivity contribution < 1.29 is 4.79 Å². The van der Waals surface area contributed by atoms with Crippen LogP contribution in [0.15, 0.2) is 60.9 Å². The fourth-order valence-electron chi connectivity index (χ4n) is 3.81. The molecular weight excluding hydrogens is 400 g/mol. The van der Waals surface area contributed by atoms with Crippen molar-refractivity contribution in [2.45, 2.75) is 19.9 Å². The van der Waals surface area contributed by atoms with Crippen LogP contribution in [0.2, 0.25) is 0 Å². The number of rotatable bonds is 5. The molecule has 0 fully saturated rings. The van der Waals surface area contributed by atoms with Crippen molar-refractivity contribution in [1.82, 2.24) is 25.3 Å². The molecule has 0 aliphatic heterocycles. The van der Waals surface area contributed by atoms with Gasteiger partial charge in [-0.2, -0.15) is 5.26 Å². The highest BCUT2D eigenvalue weighted by Crippen LogP contribution is 2.30. The van der Waals surface area contributed by atoms with Gasteiger partial charge in [-0.3, -0.25) is 4.79 Å². The maximum Gasteiger partial charge on any atom is 0.217 e. The molecule has 1 amide bonds. The summed E-state index contributed by atoms with van der Waals surface area (Å²) in [5.41, 5.74) is 3.89. The summed E-state index contributed by atoms with van der Waals surface area (Å²) in [6.07, 6.45) is 3.83. The zero-order valence-electron chi connectivity index (χ0n) is 17.4. The minimum absolute atomic E-state index is 0.0844. The molecule has 5 aromatic rings. The van der Waals surface area contributed by atoms with E-state index in [2.05, 4.69) is 79.9 Å². The van der Waals surface area contributed by atoms with E-state index in [1.165, 1.54) is 6.92 Å². The molecule has 0 aliphatic rings. The molecule has 0 radical (unpaired) electrons. The Labute approximate surface area is 184 Å². The first-order valence-electron chi connectivity index (χ1n) is 10.3. The molecule has 3 N–H and O–H groups in total. The summed E-state index contributed by atoms with van der Waals surface area (Å²) in [5.74, 6) is 1.31. The minimum atomic E-state index is -0.0844. The van der Waals surface area contributed by atoms with Crippen LogP contribution in [-0.2, 0) is 17.8 Å². The van der Waals surface area contributed by atoms with Crippen LogP contribution in [0.5, 0.6) is 0 Å². The van der Waals surface area contributed by atoms with Crippen LogP contribution in [-0.4, -0.2) is 25.8 Å². The smallest absolute Gasteiger partial charge is 0.217 e. The van der Waals surface area contributed by atoms with Gasteiger partial charge in [0.05, 0.1) is 42.8 Å². The van der Waals surface area contributed by atoms with E-state index in [-0.39, 0.29) is 12.3 Å². The second-order valence-corrected chi connectivity index (χ2v) is 7.71. The average molecular weight is 420 g/mol. The number of carbonyl (C=O) groups excluding carboxylic acids is 1. The highest BCUT2D eigenvalue weighted by atomic mass is 16.1. The van der Waals surface area contributed by atoms with E-state index in [9.17, 15) is 4.79 Å². The second-order valence-electron chi connectivity index (χ2n) is 7.71. The van der Waals surface area contributed by atoms with Crippen LogP contribution in [0.1, 0.15) is 18.6 Å². The number of aromatic nitrogens is 4. The van der Waals surface area contributed by atoms with Crippen molar-refractivity contribution in [2.75, 3.05) is 0 Å². The molecule has 5 rings (SSSR count). The van der Waals surface area contributed by atoms with Gasteiger partial charge in [-0.25, -0.2) is 9.97 Å². The highest BCUT2D eigenvalue weighted by molar-refractivity contribution is 6.00. The lowest BCUT2D eigenvalue weighted by Gasteiger charge is -2.07. The van der Waals surface area contributed by atoms with Gasteiger partial charge in [-0.05, 0) is 45.8 Å². The number of H-pyrrole nitrogens is 2. The van der Waals surface area contributed by atoms with E-state index in [1.807, 2.05) is 0 Å². The summed E-state index contributed by atoms with van der Waals surface area (Å²) in [6, 6.07) is 19.1. The Kier molecular flexibility index (Phi) is 4.88. The van der Waals surface area contributed by atoms with Crippen molar-refractivity contribution in [1.29, 1.82) is 5.26 Å². The third-order valence-corrected chi connectivity index (χ3v) is 5.43. The van der Waals surface area contributed by atoms with Gasteiger partial charge >= 0.3 is 0 Å². The Bertz CT molecular complexity index is 1500. The summed E-state index contributed by atoms with van der Waals surface area (Å²) < 4.78 is 0. The Morgan fingerprint density at radius 3 is 2.00 bits per heavy atom. The van der Waals surface area contributed by atoms with E-state index in [0.29, 0.717) is 12.4 Å². The van der Waals surface area contributed by atoms with Crippen LogP contribution in [0.3, 0.4) is 0 Å². The van der Waals surface area contributed by atoms with Gasteiger partial charge in [-0.15, -0.1) is 0 Å². The van der Waals surface area contributed by atoms with Gasteiger partial charge in [0.2, 0.25) is 5.91 Å². The average Bonchev–Trinajstić information content (AvgIpc) is 3.46. The quantitative estimate of drug-likeness (QED) is 0.364. The molecule has 2 aromatic heterocycles. The number of aromatic amines is 2. The molecule has 7 heteroatoms. The molecule has 0 atom stereocenters. The fraction of sp³-hybridized carbons (Fsp3) is 0.120. The fourth-order valence-corrected chi connectivity index (χ4v) is 3.81. The number of nitrogens with one attached hydrogen (secondary N) is 3. The van der Waals surface area contributed by atoms with Gasteiger partial charge in [-0.1, -0.05) is 24.3 Å². The predicted octanol–water partition coefficient (Wildman–Crippen LogP) is 4.48. The normalized spacial score (nSPS) is 11.0. The van der Waals surface area contributed by atoms with Crippen molar-refractivity contribution in [3.05, 3.63) is 72.6 Å². The topological polar surface area (TPSA) is 110 Å². The van der Waals surface area contributed by atoms with E-state index in [4.69, 9.17) is 5.26 Å². The number of imidazole rings is 2. The lowest BCUT2D eigenvalue weighted by molar-refractivity contribution is -0.119. The summed E-state index contributed by atoms with van der Waals surface area (Å²) in [5, 5.41) is 16.2. The van der Waals surface area contributed by atoms with Crippen molar-refractivity contribution in [3.8, 4) is 28.6 Å². The molecule has 7 nitrogen and oxygen atoms in total. The van der Waals surface area contributed by atoms with Crippen molar-refractivity contribution >= 4 is 27.5 Å². The molecule has 0 bridgehead atoms. The Hall–Kier alpha value is -4.44. The zero-order chi connectivity index (χ0) is 22.1. The Balaban J connectivity index is 1.47. The molecular formula is C25H20N6O. The maximum absolute atomic E-state index is 11.1. The molecule has 156 valence electrons. The molecule has 0 saturated carbocycles. The van der Waals surface area contributed by atoms with Crippen LogP contribution >= 0.6 is 0 Å². The zero-order valence-corrected chi connectivity index (χ0v) is 17.4. The summed E-state index contributed by atoms with van der Waals surface area (Å²) >= 11 is 0. The molecule has 2 heterocycles. The third kappa shape index (κ3) is 3.82. The largest absolute Gasteiger partial charge is 0.349 e. The van der Waals surface area contributed by atoms with Crippen LogP contribution < -0.4 is 5.32 Å². The number of nitriles is 1. The predicted molar refractivity (Wildman–Crippen MR) is 123 cm³/mol. The monoisotopic (exact) mass is 420 g/mol. The molecule has 0 unspecified atom stereocenters. The molecule has 0 saturated heterocycles. The van der Waals surface area contributed by atoms with E-state index in [1.54, 1.807) is 12.4 Å². The summed E-state index contributed by atoms with van der Waals surface area (Å²) in [6.45, 7) is 1.87. The van der Waals surface area contributed by atoms with Gasteiger partial charge < -0.3 is 15.3 Å². The van der Waals surface area contributed by atoms with Crippen molar-refractivity contribution in [2.24, 2.45) is 0 Å².